The molecule has 0 atom stereocenters. The number of rotatable bonds is 3. The summed E-state index contributed by atoms with van der Waals surface area (Å²) >= 11 is 0. The number of nitrogen functional groups attached to an aromatic ring is 1. The SMILES string of the molecule is CCc1cccc(Nc2cc(C(F)(F)F)cc(N)n2)c1. The number of anilines is 3. The average molecular weight is 281 g/mol. The number of aryl methyl sites for hydroxylation is 1. The van der Waals surface area contributed by atoms with E-state index in [9.17, 15) is 13.2 Å². The lowest BCUT2D eigenvalue weighted by atomic mass is 10.1. The van der Waals surface area contributed by atoms with Crippen LogP contribution in [0.15, 0.2) is 36.4 Å². The van der Waals surface area contributed by atoms with Crippen LogP contribution in [0, 0.1) is 0 Å². The van der Waals surface area contributed by atoms with Crippen LogP contribution in [0.1, 0.15) is 18.1 Å². The molecule has 1 aromatic carbocycles. The van der Waals surface area contributed by atoms with Gasteiger partial charge in [0.1, 0.15) is 11.6 Å². The van der Waals surface area contributed by atoms with Crippen molar-refractivity contribution < 1.29 is 13.2 Å². The zero-order valence-electron chi connectivity index (χ0n) is 10.8. The Bertz CT molecular complexity index is 609. The third-order valence-electron chi connectivity index (χ3n) is 2.78. The molecule has 3 N–H and O–H groups in total. The second-order valence-corrected chi connectivity index (χ2v) is 4.34. The van der Waals surface area contributed by atoms with Crippen molar-refractivity contribution in [2.75, 3.05) is 11.1 Å². The van der Waals surface area contributed by atoms with Crippen LogP contribution in [-0.4, -0.2) is 4.98 Å². The molecular weight excluding hydrogens is 267 g/mol. The minimum Gasteiger partial charge on any atom is -0.384 e. The summed E-state index contributed by atoms with van der Waals surface area (Å²) in [5.41, 5.74) is 6.35. The third-order valence-corrected chi connectivity index (χ3v) is 2.78. The zero-order valence-corrected chi connectivity index (χ0v) is 10.8. The Morgan fingerprint density at radius 3 is 2.60 bits per heavy atom. The van der Waals surface area contributed by atoms with E-state index in [-0.39, 0.29) is 11.6 Å². The van der Waals surface area contributed by atoms with E-state index >= 15 is 0 Å². The average Bonchev–Trinajstić information content (AvgIpc) is 2.37. The lowest BCUT2D eigenvalue weighted by Crippen LogP contribution is -2.08. The summed E-state index contributed by atoms with van der Waals surface area (Å²) in [4.78, 5) is 3.86. The quantitative estimate of drug-likeness (QED) is 0.894. The Morgan fingerprint density at radius 2 is 1.95 bits per heavy atom. The highest BCUT2D eigenvalue weighted by atomic mass is 19.4. The van der Waals surface area contributed by atoms with Crippen LogP contribution in [0.2, 0.25) is 0 Å². The van der Waals surface area contributed by atoms with Crippen molar-refractivity contribution in [1.29, 1.82) is 0 Å². The van der Waals surface area contributed by atoms with Crippen LogP contribution in [0.25, 0.3) is 0 Å². The van der Waals surface area contributed by atoms with Gasteiger partial charge in [-0.2, -0.15) is 13.2 Å². The van der Waals surface area contributed by atoms with E-state index in [0.717, 1.165) is 24.1 Å². The number of alkyl halides is 3. The fourth-order valence-corrected chi connectivity index (χ4v) is 1.80. The largest absolute Gasteiger partial charge is 0.416 e. The van der Waals surface area contributed by atoms with E-state index < -0.39 is 11.7 Å². The summed E-state index contributed by atoms with van der Waals surface area (Å²) in [5.74, 6) is -0.0976. The van der Waals surface area contributed by atoms with Gasteiger partial charge in [-0.15, -0.1) is 0 Å². The van der Waals surface area contributed by atoms with E-state index in [2.05, 4.69) is 10.3 Å². The molecule has 0 spiro atoms. The van der Waals surface area contributed by atoms with Crippen molar-refractivity contribution in [3.8, 4) is 0 Å². The van der Waals surface area contributed by atoms with Gasteiger partial charge in [0.25, 0.3) is 0 Å². The van der Waals surface area contributed by atoms with Crippen LogP contribution in [0.3, 0.4) is 0 Å². The first kappa shape index (κ1) is 14.2. The van der Waals surface area contributed by atoms with Crippen LogP contribution in [-0.2, 0) is 12.6 Å². The maximum absolute atomic E-state index is 12.7. The Kier molecular flexibility index (Phi) is 3.83. The summed E-state index contributed by atoms with van der Waals surface area (Å²) in [6.45, 7) is 2.00. The third kappa shape index (κ3) is 3.40. The summed E-state index contributed by atoms with van der Waals surface area (Å²) < 4.78 is 38.1. The first-order valence-corrected chi connectivity index (χ1v) is 6.09. The zero-order chi connectivity index (χ0) is 14.8. The molecule has 0 bridgehead atoms. The highest BCUT2D eigenvalue weighted by Crippen LogP contribution is 2.32. The molecule has 0 unspecified atom stereocenters. The molecule has 0 saturated heterocycles. The standard InChI is InChI=1S/C14H14F3N3/c1-2-9-4-3-5-11(6-9)19-13-8-10(14(15,16)17)7-12(18)20-13/h3-8H,2H2,1H3,(H3,18,19,20). The fraction of sp³-hybridized carbons (Fsp3) is 0.214. The van der Waals surface area contributed by atoms with Crippen LogP contribution in [0.4, 0.5) is 30.5 Å². The molecule has 3 nitrogen and oxygen atoms in total. The minimum absolute atomic E-state index is 0.0746. The molecule has 2 rings (SSSR count). The van der Waals surface area contributed by atoms with Crippen molar-refractivity contribution in [1.82, 2.24) is 4.98 Å². The number of nitrogens with one attached hydrogen (secondary N) is 1. The second-order valence-electron chi connectivity index (χ2n) is 4.34. The van der Waals surface area contributed by atoms with E-state index in [1.54, 1.807) is 6.07 Å². The molecule has 2 aromatic rings. The highest BCUT2D eigenvalue weighted by molar-refractivity contribution is 5.59. The predicted molar refractivity (Wildman–Crippen MR) is 72.8 cm³/mol. The predicted octanol–water partition coefficient (Wildman–Crippen LogP) is 3.99. The molecular formula is C14H14F3N3. The highest BCUT2D eigenvalue weighted by Gasteiger charge is 2.31. The van der Waals surface area contributed by atoms with E-state index in [1.807, 2.05) is 25.1 Å². The molecule has 0 radical (unpaired) electrons. The van der Waals surface area contributed by atoms with Gasteiger partial charge < -0.3 is 11.1 Å². The van der Waals surface area contributed by atoms with Gasteiger partial charge in [-0.25, -0.2) is 4.98 Å². The number of hydrogen-bond donors (Lipinski definition) is 2. The Labute approximate surface area is 114 Å². The Balaban J connectivity index is 2.31. The maximum atomic E-state index is 12.7. The first-order chi connectivity index (χ1) is 9.38. The molecule has 0 fully saturated rings. The van der Waals surface area contributed by atoms with Gasteiger partial charge in [0.2, 0.25) is 0 Å². The van der Waals surface area contributed by atoms with Crippen molar-refractivity contribution >= 4 is 17.3 Å². The molecule has 6 heteroatoms. The summed E-state index contributed by atoms with van der Waals surface area (Å²) in [7, 11) is 0. The van der Waals surface area contributed by atoms with Crippen molar-refractivity contribution in [2.45, 2.75) is 19.5 Å². The molecule has 1 heterocycles. The normalized spacial score (nSPS) is 11.4. The van der Waals surface area contributed by atoms with E-state index in [1.165, 1.54) is 0 Å². The molecule has 0 aliphatic rings. The number of nitrogens with zero attached hydrogens (tertiary/aromatic N) is 1. The monoisotopic (exact) mass is 281 g/mol. The molecule has 0 aliphatic heterocycles. The lowest BCUT2D eigenvalue weighted by Gasteiger charge is -2.11. The van der Waals surface area contributed by atoms with Gasteiger partial charge in [0.15, 0.2) is 0 Å². The Morgan fingerprint density at radius 1 is 1.20 bits per heavy atom. The number of benzene rings is 1. The van der Waals surface area contributed by atoms with Gasteiger partial charge in [-0.3, -0.25) is 0 Å². The Hall–Kier alpha value is -2.24. The molecule has 106 valence electrons. The van der Waals surface area contributed by atoms with Crippen LogP contribution >= 0.6 is 0 Å². The van der Waals surface area contributed by atoms with Gasteiger partial charge in [-0.05, 0) is 36.2 Å². The summed E-state index contributed by atoms with van der Waals surface area (Å²) in [6, 6.07) is 9.15. The summed E-state index contributed by atoms with van der Waals surface area (Å²) in [5, 5.41) is 2.84. The smallest absolute Gasteiger partial charge is 0.384 e. The van der Waals surface area contributed by atoms with Gasteiger partial charge in [-0.1, -0.05) is 19.1 Å². The van der Waals surface area contributed by atoms with Crippen LogP contribution in [0.5, 0.6) is 0 Å². The lowest BCUT2D eigenvalue weighted by molar-refractivity contribution is -0.137. The molecule has 1 aromatic heterocycles. The topological polar surface area (TPSA) is 50.9 Å². The number of halogens is 3. The van der Waals surface area contributed by atoms with Crippen molar-refractivity contribution in [3.63, 3.8) is 0 Å². The van der Waals surface area contributed by atoms with Gasteiger partial charge in [0.05, 0.1) is 5.56 Å². The van der Waals surface area contributed by atoms with E-state index in [0.29, 0.717) is 5.69 Å². The van der Waals surface area contributed by atoms with Crippen molar-refractivity contribution in [2.24, 2.45) is 0 Å². The maximum Gasteiger partial charge on any atom is 0.416 e. The molecule has 0 saturated carbocycles. The fourth-order valence-electron chi connectivity index (χ4n) is 1.80. The summed E-state index contributed by atoms with van der Waals surface area (Å²) in [6.07, 6.45) is -3.60. The molecule has 20 heavy (non-hydrogen) atoms. The van der Waals surface area contributed by atoms with Crippen molar-refractivity contribution in [3.05, 3.63) is 47.5 Å². The van der Waals surface area contributed by atoms with Crippen LogP contribution < -0.4 is 11.1 Å². The number of nitrogens with two attached hydrogens (primary N) is 1. The van der Waals surface area contributed by atoms with Gasteiger partial charge >= 0.3 is 6.18 Å². The number of hydrogen-bond acceptors (Lipinski definition) is 3. The minimum atomic E-state index is -4.45. The second kappa shape index (κ2) is 5.40. The number of pyridine rings is 1. The molecule has 0 amide bonds. The number of aromatic nitrogens is 1. The van der Waals surface area contributed by atoms with E-state index in [4.69, 9.17) is 5.73 Å². The first-order valence-electron chi connectivity index (χ1n) is 6.09. The molecule has 0 aliphatic carbocycles. The van der Waals surface area contributed by atoms with Gasteiger partial charge in [0, 0.05) is 5.69 Å².